The summed E-state index contributed by atoms with van der Waals surface area (Å²) in [5, 5.41) is 11.9. The minimum Gasteiger partial charge on any atom is -0.477 e. The lowest BCUT2D eigenvalue weighted by atomic mass is 10.1. The third-order valence-corrected chi connectivity index (χ3v) is 2.89. The van der Waals surface area contributed by atoms with Crippen molar-refractivity contribution in [3.8, 4) is 0 Å². The average Bonchev–Trinajstić information content (AvgIpc) is 2.49. The van der Waals surface area contributed by atoms with Gasteiger partial charge in [0.1, 0.15) is 5.70 Å². The Morgan fingerprint density at radius 1 is 1.00 bits per heavy atom. The first-order valence-corrected chi connectivity index (χ1v) is 6.44. The zero-order chi connectivity index (χ0) is 15.2. The second-order valence-electron chi connectivity index (χ2n) is 4.58. The highest BCUT2D eigenvalue weighted by Crippen LogP contribution is 2.12. The molecule has 0 amide bonds. The molecule has 0 aromatic heterocycles. The maximum absolute atomic E-state index is 12.0. The molecule has 0 spiro atoms. The van der Waals surface area contributed by atoms with E-state index in [-0.39, 0.29) is 11.5 Å². The molecule has 0 bridgehead atoms. The molecule has 2 N–H and O–H groups in total. The minimum atomic E-state index is -1.18. The molecule has 0 radical (unpaired) electrons. The Morgan fingerprint density at radius 3 is 2.19 bits per heavy atom. The number of aliphatic carboxylic acids is 1. The van der Waals surface area contributed by atoms with Gasteiger partial charge in [-0.15, -0.1) is 0 Å². The van der Waals surface area contributed by atoms with Gasteiger partial charge in [-0.1, -0.05) is 48.0 Å². The third-order valence-electron chi connectivity index (χ3n) is 2.89. The topological polar surface area (TPSA) is 66.4 Å². The predicted molar refractivity (Wildman–Crippen MR) is 81.3 cm³/mol. The van der Waals surface area contributed by atoms with Gasteiger partial charge in [-0.2, -0.15) is 0 Å². The molecule has 0 unspecified atom stereocenters. The van der Waals surface area contributed by atoms with Crippen LogP contribution in [0.5, 0.6) is 0 Å². The van der Waals surface area contributed by atoms with Gasteiger partial charge >= 0.3 is 5.97 Å². The Bertz CT molecular complexity index is 673. The Morgan fingerprint density at radius 2 is 1.62 bits per heavy atom. The van der Waals surface area contributed by atoms with E-state index in [1.165, 1.54) is 0 Å². The van der Waals surface area contributed by atoms with Crippen molar-refractivity contribution < 1.29 is 14.7 Å². The van der Waals surface area contributed by atoms with Gasteiger partial charge in [0.2, 0.25) is 0 Å². The zero-order valence-electron chi connectivity index (χ0n) is 11.5. The molecule has 21 heavy (non-hydrogen) atoms. The number of allylic oxidation sites excluding steroid dienone is 1. The molecule has 0 aliphatic carbocycles. The Labute approximate surface area is 122 Å². The normalized spacial score (nSPS) is 11.0. The Balaban J connectivity index is 2.22. The van der Waals surface area contributed by atoms with E-state index in [2.05, 4.69) is 5.32 Å². The van der Waals surface area contributed by atoms with Crippen LogP contribution in [0, 0.1) is 6.92 Å². The van der Waals surface area contributed by atoms with Crippen molar-refractivity contribution >= 4 is 17.4 Å². The molecule has 0 saturated carbocycles. The van der Waals surface area contributed by atoms with Gasteiger partial charge in [0, 0.05) is 17.3 Å². The number of hydrogen-bond acceptors (Lipinski definition) is 3. The van der Waals surface area contributed by atoms with Gasteiger partial charge in [-0.05, 0) is 19.1 Å². The summed E-state index contributed by atoms with van der Waals surface area (Å²) >= 11 is 0. The number of aryl methyl sites for hydroxylation is 1. The van der Waals surface area contributed by atoms with Gasteiger partial charge in [0.05, 0.1) is 0 Å². The number of anilines is 1. The number of ketones is 1. The molecule has 2 aromatic rings. The minimum absolute atomic E-state index is 0.160. The summed E-state index contributed by atoms with van der Waals surface area (Å²) in [5.74, 6) is -1.53. The molecule has 2 aromatic carbocycles. The van der Waals surface area contributed by atoms with E-state index >= 15 is 0 Å². The van der Waals surface area contributed by atoms with Crippen LogP contribution in [0.15, 0.2) is 66.4 Å². The number of nitrogens with one attached hydrogen (secondary N) is 1. The first-order valence-electron chi connectivity index (χ1n) is 6.44. The third kappa shape index (κ3) is 4.04. The molecule has 0 aliphatic heterocycles. The number of carboxylic acids is 1. The van der Waals surface area contributed by atoms with Gasteiger partial charge < -0.3 is 10.4 Å². The van der Waals surface area contributed by atoms with Crippen LogP contribution in [-0.4, -0.2) is 16.9 Å². The number of benzene rings is 2. The number of rotatable bonds is 5. The van der Waals surface area contributed by atoms with Crippen LogP contribution in [0.1, 0.15) is 15.9 Å². The zero-order valence-corrected chi connectivity index (χ0v) is 11.5. The summed E-state index contributed by atoms with van der Waals surface area (Å²) in [7, 11) is 0. The summed E-state index contributed by atoms with van der Waals surface area (Å²) in [4.78, 5) is 23.3. The molecule has 0 fully saturated rings. The fourth-order valence-electron chi connectivity index (χ4n) is 1.76. The quantitative estimate of drug-likeness (QED) is 0.652. The lowest BCUT2D eigenvalue weighted by Gasteiger charge is -2.07. The van der Waals surface area contributed by atoms with Crippen molar-refractivity contribution in [1.82, 2.24) is 0 Å². The Kier molecular flexibility index (Phi) is 4.51. The summed E-state index contributed by atoms with van der Waals surface area (Å²) < 4.78 is 0. The van der Waals surface area contributed by atoms with Crippen LogP contribution < -0.4 is 5.32 Å². The van der Waals surface area contributed by atoms with E-state index in [9.17, 15) is 14.7 Å². The molecule has 0 heterocycles. The van der Waals surface area contributed by atoms with Crippen molar-refractivity contribution in [2.75, 3.05) is 5.32 Å². The van der Waals surface area contributed by atoms with Crippen LogP contribution in [0.2, 0.25) is 0 Å². The largest absolute Gasteiger partial charge is 0.477 e. The van der Waals surface area contributed by atoms with Crippen molar-refractivity contribution in [2.45, 2.75) is 6.92 Å². The maximum atomic E-state index is 12.0. The number of carboxylic acid groups (broad SMARTS) is 1. The highest BCUT2D eigenvalue weighted by atomic mass is 16.4. The highest BCUT2D eigenvalue weighted by molar-refractivity contribution is 6.09. The second-order valence-corrected chi connectivity index (χ2v) is 4.58. The van der Waals surface area contributed by atoms with E-state index in [4.69, 9.17) is 0 Å². The molecule has 4 heteroatoms. The molecular weight excluding hydrogens is 266 g/mol. The first-order chi connectivity index (χ1) is 10.1. The van der Waals surface area contributed by atoms with Crippen LogP contribution in [0.3, 0.4) is 0 Å². The van der Waals surface area contributed by atoms with Crippen LogP contribution >= 0.6 is 0 Å². The molecule has 106 valence electrons. The molecule has 0 aliphatic rings. The highest BCUT2D eigenvalue weighted by Gasteiger charge is 2.11. The van der Waals surface area contributed by atoms with Crippen molar-refractivity contribution in [1.29, 1.82) is 0 Å². The van der Waals surface area contributed by atoms with E-state index < -0.39 is 5.97 Å². The Hall–Kier alpha value is -2.88. The summed E-state index contributed by atoms with van der Waals surface area (Å²) in [5.41, 5.74) is 1.98. The van der Waals surface area contributed by atoms with Crippen molar-refractivity contribution in [2.24, 2.45) is 0 Å². The van der Waals surface area contributed by atoms with Crippen LogP contribution in [0.25, 0.3) is 0 Å². The first kappa shape index (κ1) is 14.5. The molecule has 0 saturated heterocycles. The number of carbonyl (C=O) groups is 2. The summed E-state index contributed by atoms with van der Waals surface area (Å²) in [6, 6.07) is 15.8. The van der Waals surface area contributed by atoms with E-state index in [1.54, 1.807) is 42.5 Å². The lowest BCUT2D eigenvalue weighted by Crippen LogP contribution is -2.12. The van der Waals surface area contributed by atoms with Gasteiger partial charge in [0.15, 0.2) is 5.78 Å². The SMILES string of the molecule is Cc1ccc(N/C(=C\C(=O)c2ccccc2)C(=O)O)cc1. The second kappa shape index (κ2) is 6.52. The van der Waals surface area contributed by atoms with Crippen LogP contribution in [-0.2, 0) is 4.79 Å². The molecule has 2 rings (SSSR count). The number of carbonyl (C=O) groups excluding carboxylic acids is 1. The maximum Gasteiger partial charge on any atom is 0.352 e. The van der Waals surface area contributed by atoms with E-state index in [0.29, 0.717) is 11.3 Å². The molecule has 0 atom stereocenters. The van der Waals surface area contributed by atoms with Crippen LogP contribution in [0.4, 0.5) is 5.69 Å². The van der Waals surface area contributed by atoms with E-state index in [0.717, 1.165) is 11.6 Å². The fourth-order valence-corrected chi connectivity index (χ4v) is 1.76. The summed E-state index contributed by atoms with van der Waals surface area (Å²) in [6.07, 6.45) is 1.09. The molecule has 4 nitrogen and oxygen atoms in total. The van der Waals surface area contributed by atoms with Crippen molar-refractivity contribution in [3.05, 3.63) is 77.5 Å². The average molecular weight is 281 g/mol. The molecular formula is C17H15NO3. The fraction of sp³-hybridized carbons (Fsp3) is 0.0588. The monoisotopic (exact) mass is 281 g/mol. The lowest BCUT2D eigenvalue weighted by molar-refractivity contribution is -0.132. The van der Waals surface area contributed by atoms with Gasteiger partial charge in [-0.25, -0.2) is 4.79 Å². The van der Waals surface area contributed by atoms with Gasteiger partial charge in [-0.3, -0.25) is 4.79 Å². The van der Waals surface area contributed by atoms with Crippen molar-refractivity contribution in [3.63, 3.8) is 0 Å². The smallest absolute Gasteiger partial charge is 0.352 e. The number of hydrogen-bond donors (Lipinski definition) is 2. The van der Waals surface area contributed by atoms with Gasteiger partial charge in [0.25, 0.3) is 0 Å². The predicted octanol–water partition coefficient (Wildman–Crippen LogP) is 3.26. The van der Waals surface area contributed by atoms with E-state index in [1.807, 2.05) is 19.1 Å². The standard InChI is InChI=1S/C17H15NO3/c1-12-7-9-14(10-8-12)18-15(17(20)21)11-16(19)13-5-3-2-4-6-13/h2-11,18H,1H3,(H,20,21)/b15-11-. The summed E-state index contributed by atoms with van der Waals surface area (Å²) in [6.45, 7) is 1.94.